The highest BCUT2D eigenvalue weighted by atomic mass is 35.5. The maximum Gasteiger partial charge on any atom is 0.180 e. The van der Waals surface area contributed by atoms with Crippen molar-refractivity contribution in [1.29, 1.82) is 0 Å². The first-order valence-electron chi connectivity index (χ1n) is 9.73. The zero-order chi connectivity index (χ0) is 20.5. The fraction of sp³-hybridized carbons (Fsp3) is 0.250. The lowest BCUT2D eigenvalue weighted by atomic mass is 10.1. The fourth-order valence-electron chi connectivity index (χ4n) is 2.97. The summed E-state index contributed by atoms with van der Waals surface area (Å²) in [6, 6.07) is 20.4. The summed E-state index contributed by atoms with van der Waals surface area (Å²) in [5.41, 5.74) is 3.18. The van der Waals surface area contributed by atoms with Gasteiger partial charge < -0.3 is 14.8 Å². The highest BCUT2D eigenvalue weighted by molar-refractivity contribution is 6.32. The van der Waals surface area contributed by atoms with Crippen LogP contribution in [0.15, 0.2) is 66.7 Å². The molecule has 0 heterocycles. The normalized spacial score (nSPS) is 10.7. The topological polar surface area (TPSA) is 30.5 Å². The van der Waals surface area contributed by atoms with E-state index in [1.165, 1.54) is 12.1 Å². The molecule has 0 aliphatic carbocycles. The lowest BCUT2D eigenvalue weighted by Crippen LogP contribution is -2.17. The highest BCUT2D eigenvalue weighted by Crippen LogP contribution is 2.37. The molecule has 0 aromatic heterocycles. The second kappa shape index (κ2) is 10.8. The predicted molar refractivity (Wildman–Crippen MR) is 115 cm³/mol. The van der Waals surface area contributed by atoms with Gasteiger partial charge in [-0.25, -0.2) is 4.39 Å². The van der Waals surface area contributed by atoms with Crippen LogP contribution in [0, 0.1) is 5.82 Å². The Morgan fingerprint density at radius 1 is 0.897 bits per heavy atom. The average Bonchev–Trinajstić information content (AvgIpc) is 2.73. The minimum atomic E-state index is -0.214. The number of halogens is 2. The summed E-state index contributed by atoms with van der Waals surface area (Å²) < 4.78 is 24.7. The van der Waals surface area contributed by atoms with Crippen LogP contribution in [0.4, 0.5) is 4.39 Å². The Kier molecular flexibility index (Phi) is 7.91. The van der Waals surface area contributed by atoms with E-state index < -0.39 is 0 Å². The van der Waals surface area contributed by atoms with Crippen molar-refractivity contribution in [3.05, 3.63) is 94.3 Å². The highest BCUT2D eigenvalue weighted by Gasteiger charge is 2.13. The standard InChI is InChI=1S/C24H25ClFNO2/c1-2-28-23-15-20(16-27-13-12-18-8-10-21(26)11-9-18)14-22(25)24(23)29-17-19-6-4-3-5-7-19/h3-11,14-15,27H,2,12-13,16-17H2,1H3. The largest absolute Gasteiger partial charge is 0.490 e. The van der Waals surface area contributed by atoms with E-state index in [4.69, 9.17) is 21.1 Å². The fourth-order valence-corrected chi connectivity index (χ4v) is 3.26. The molecule has 3 aromatic rings. The van der Waals surface area contributed by atoms with E-state index in [0.717, 1.165) is 29.7 Å². The van der Waals surface area contributed by atoms with Crippen molar-refractivity contribution in [3.8, 4) is 11.5 Å². The van der Waals surface area contributed by atoms with Gasteiger partial charge in [-0.3, -0.25) is 0 Å². The van der Waals surface area contributed by atoms with Crippen LogP contribution in [0.2, 0.25) is 5.02 Å². The number of ether oxygens (including phenoxy) is 2. The Balaban J connectivity index is 1.59. The minimum absolute atomic E-state index is 0.214. The number of rotatable bonds is 10. The van der Waals surface area contributed by atoms with E-state index in [9.17, 15) is 4.39 Å². The summed E-state index contributed by atoms with van der Waals surface area (Å²) in [5, 5.41) is 3.92. The van der Waals surface area contributed by atoms with Crippen LogP contribution in [0.25, 0.3) is 0 Å². The molecule has 5 heteroatoms. The molecule has 152 valence electrons. The van der Waals surface area contributed by atoms with Gasteiger partial charge >= 0.3 is 0 Å². The molecule has 3 aromatic carbocycles. The van der Waals surface area contributed by atoms with Crippen LogP contribution in [-0.4, -0.2) is 13.2 Å². The first-order valence-corrected chi connectivity index (χ1v) is 10.1. The molecule has 0 fully saturated rings. The maximum atomic E-state index is 13.0. The van der Waals surface area contributed by atoms with Crippen LogP contribution in [0.1, 0.15) is 23.6 Å². The van der Waals surface area contributed by atoms with Crippen molar-refractivity contribution in [3.63, 3.8) is 0 Å². The van der Waals surface area contributed by atoms with Gasteiger partial charge in [-0.1, -0.05) is 54.1 Å². The van der Waals surface area contributed by atoms with Crippen LogP contribution in [0.5, 0.6) is 11.5 Å². The molecule has 0 amide bonds. The van der Waals surface area contributed by atoms with E-state index >= 15 is 0 Å². The summed E-state index contributed by atoms with van der Waals surface area (Å²) in [6.45, 7) is 4.32. The molecule has 3 rings (SSSR count). The zero-order valence-electron chi connectivity index (χ0n) is 16.5. The SMILES string of the molecule is CCOc1cc(CNCCc2ccc(F)cc2)cc(Cl)c1OCc1ccccc1. The maximum absolute atomic E-state index is 13.0. The Bertz CT molecular complexity index is 901. The molecule has 3 nitrogen and oxygen atoms in total. The molecule has 0 aliphatic heterocycles. The summed E-state index contributed by atoms with van der Waals surface area (Å²) >= 11 is 6.49. The van der Waals surface area contributed by atoms with Crippen molar-refractivity contribution in [2.45, 2.75) is 26.5 Å². The number of hydrogen-bond donors (Lipinski definition) is 1. The predicted octanol–water partition coefficient (Wildman–Crippen LogP) is 5.79. The van der Waals surface area contributed by atoms with Gasteiger partial charge in [-0.2, -0.15) is 0 Å². The molecule has 0 unspecified atom stereocenters. The number of benzene rings is 3. The van der Waals surface area contributed by atoms with E-state index in [-0.39, 0.29) is 5.82 Å². The average molecular weight is 414 g/mol. The van der Waals surface area contributed by atoms with E-state index in [0.29, 0.717) is 36.3 Å². The van der Waals surface area contributed by atoms with Crippen LogP contribution in [-0.2, 0) is 19.6 Å². The summed E-state index contributed by atoms with van der Waals surface area (Å²) in [6.07, 6.45) is 0.824. The van der Waals surface area contributed by atoms with Crippen molar-refractivity contribution in [1.82, 2.24) is 5.32 Å². The number of hydrogen-bond acceptors (Lipinski definition) is 3. The third-order valence-corrected chi connectivity index (χ3v) is 4.71. The quantitative estimate of drug-likeness (QED) is 0.427. The monoisotopic (exact) mass is 413 g/mol. The molecule has 29 heavy (non-hydrogen) atoms. The van der Waals surface area contributed by atoms with Gasteiger partial charge in [0.15, 0.2) is 11.5 Å². The second-order valence-corrected chi connectivity index (χ2v) is 7.07. The van der Waals surface area contributed by atoms with Crippen molar-refractivity contribution in [2.24, 2.45) is 0 Å². The van der Waals surface area contributed by atoms with Gasteiger partial charge in [-0.05, 0) is 60.8 Å². The molecule has 0 bridgehead atoms. The van der Waals surface area contributed by atoms with Crippen LogP contribution in [0.3, 0.4) is 0 Å². The summed E-state index contributed by atoms with van der Waals surface area (Å²) in [5.74, 6) is 0.994. The Morgan fingerprint density at radius 3 is 2.38 bits per heavy atom. The molecule has 0 spiro atoms. The van der Waals surface area contributed by atoms with E-state index in [1.54, 1.807) is 12.1 Å². The van der Waals surface area contributed by atoms with Crippen molar-refractivity contribution in [2.75, 3.05) is 13.2 Å². The van der Waals surface area contributed by atoms with E-state index in [1.807, 2.05) is 49.4 Å². The van der Waals surface area contributed by atoms with Gasteiger partial charge in [0, 0.05) is 6.54 Å². The molecule has 0 radical (unpaired) electrons. The van der Waals surface area contributed by atoms with Crippen molar-refractivity contribution >= 4 is 11.6 Å². The number of nitrogens with one attached hydrogen (secondary N) is 1. The third-order valence-electron chi connectivity index (χ3n) is 4.43. The van der Waals surface area contributed by atoms with Crippen LogP contribution >= 0.6 is 11.6 Å². The first kappa shape index (κ1) is 21.2. The summed E-state index contributed by atoms with van der Waals surface area (Å²) in [7, 11) is 0. The lowest BCUT2D eigenvalue weighted by molar-refractivity contribution is 0.269. The Morgan fingerprint density at radius 2 is 1.66 bits per heavy atom. The van der Waals surface area contributed by atoms with Crippen molar-refractivity contribution < 1.29 is 13.9 Å². The third kappa shape index (κ3) is 6.48. The molecular weight excluding hydrogens is 389 g/mol. The smallest absolute Gasteiger partial charge is 0.180 e. The molecule has 1 N–H and O–H groups in total. The molecule has 0 saturated carbocycles. The van der Waals surface area contributed by atoms with E-state index in [2.05, 4.69) is 5.32 Å². The van der Waals surface area contributed by atoms with Gasteiger partial charge in [0.2, 0.25) is 0 Å². The summed E-state index contributed by atoms with van der Waals surface area (Å²) in [4.78, 5) is 0. The van der Waals surface area contributed by atoms with Gasteiger partial charge in [0.1, 0.15) is 12.4 Å². The Labute approximate surface area is 176 Å². The van der Waals surface area contributed by atoms with Gasteiger partial charge in [0.05, 0.1) is 11.6 Å². The Hall–Kier alpha value is -2.56. The molecule has 0 aliphatic rings. The first-order chi connectivity index (χ1) is 14.2. The molecule has 0 atom stereocenters. The zero-order valence-corrected chi connectivity index (χ0v) is 17.2. The minimum Gasteiger partial charge on any atom is -0.490 e. The molecular formula is C24H25ClFNO2. The van der Waals surface area contributed by atoms with Crippen LogP contribution < -0.4 is 14.8 Å². The van der Waals surface area contributed by atoms with Gasteiger partial charge in [0.25, 0.3) is 0 Å². The molecule has 0 saturated heterocycles. The lowest BCUT2D eigenvalue weighted by Gasteiger charge is -2.16. The van der Waals surface area contributed by atoms with Gasteiger partial charge in [-0.15, -0.1) is 0 Å². The second-order valence-electron chi connectivity index (χ2n) is 6.67.